The molecule has 6 heteroatoms. The van der Waals surface area contributed by atoms with Gasteiger partial charge < -0.3 is 14.9 Å². The van der Waals surface area contributed by atoms with Crippen LogP contribution in [0.4, 0.5) is 0 Å². The summed E-state index contributed by atoms with van der Waals surface area (Å²) in [6.45, 7) is 1.98. The van der Waals surface area contributed by atoms with Gasteiger partial charge in [0.1, 0.15) is 5.69 Å². The summed E-state index contributed by atoms with van der Waals surface area (Å²) in [6.07, 6.45) is 1.92. The molecule has 3 aromatic rings. The summed E-state index contributed by atoms with van der Waals surface area (Å²) in [7, 11) is 0. The van der Waals surface area contributed by atoms with Crippen LogP contribution in [-0.4, -0.2) is 28.2 Å². The van der Waals surface area contributed by atoms with E-state index in [9.17, 15) is 9.59 Å². The summed E-state index contributed by atoms with van der Waals surface area (Å²) in [5, 5.41) is 16.5. The van der Waals surface area contributed by atoms with Crippen LogP contribution < -0.4 is 5.32 Å². The van der Waals surface area contributed by atoms with Crippen LogP contribution in [0.1, 0.15) is 34.5 Å². The summed E-state index contributed by atoms with van der Waals surface area (Å²) < 4.78 is 5.30. The molecular weight excluding hydrogens is 332 g/mol. The number of aliphatic carboxylic acids is 1. The van der Waals surface area contributed by atoms with E-state index >= 15 is 0 Å². The van der Waals surface area contributed by atoms with Gasteiger partial charge in [-0.05, 0) is 60.7 Å². The molecule has 1 amide bonds. The van der Waals surface area contributed by atoms with Crippen molar-refractivity contribution in [1.82, 2.24) is 10.5 Å². The highest BCUT2D eigenvalue weighted by Gasteiger charge is 2.24. The first-order chi connectivity index (χ1) is 12.5. The van der Waals surface area contributed by atoms with E-state index in [1.165, 1.54) is 0 Å². The fraction of sp³-hybridized carbons (Fsp3) is 0.250. The van der Waals surface area contributed by atoms with Crippen LogP contribution in [0.5, 0.6) is 0 Å². The zero-order valence-electron chi connectivity index (χ0n) is 14.3. The Hall–Kier alpha value is -3.15. The molecule has 0 unspecified atom stereocenters. The molecule has 1 saturated carbocycles. The molecule has 0 saturated heterocycles. The number of fused-ring (bicyclic) bond motifs is 1. The van der Waals surface area contributed by atoms with Gasteiger partial charge in [0.05, 0.1) is 6.42 Å². The van der Waals surface area contributed by atoms with Crippen molar-refractivity contribution in [3.63, 3.8) is 0 Å². The fourth-order valence-electron chi connectivity index (χ4n) is 3.00. The number of carboxylic acids is 1. The van der Waals surface area contributed by atoms with Crippen LogP contribution in [-0.2, 0) is 11.2 Å². The van der Waals surface area contributed by atoms with Crippen molar-refractivity contribution in [3.05, 3.63) is 53.2 Å². The Morgan fingerprint density at radius 1 is 1.23 bits per heavy atom. The number of nitrogens with zero attached hydrogens (tertiary/aromatic N) is 1. The lowest BCUT2D eigenvalue weighted by molar-refractivity contribution is -0.136. The number of benzene rings is 2. The van der Waals surface area contributed by atoms with Gasteiger partial charge in [-0.3, -0.25) is 9.59 Å². The second-order valence-corrected chi connectivity index (χ2v) is 6.69. The second-order valence-electron chi connectivity index (χ2n) is 6.69. The minimum atomic E-state index is -0.950. The normalized spacial score (nSPS) is 13.7. The first-order valence-electron chi connectivity index (χ1n) is 8.53. The first kappa shape index (κ1) is 16.3. The van der Waals surface area contributed by atoms with Gasteiger partial charge in [-0.15, -0.1) is 0 Å². The average Bonchev–Trinajstić information content (AvgIpc) is 3.34. The van der Waals surface area contributed by atoms with Crippen molar-refractivity contribution in [1.29, 1.82) is 0 Å². The van der Waals surface area contributed by atoms with Gasteiger partial charge in [0.25, 0.3) is 5.91 Å². The number of aryl methyl sites for hydroxylation is 1. The first-order valence-corrected chi connectivity index (χ1v) is 8.53. The van der Waals surface area contributed by atoms with Crippen LogP contribution in [0.2, 0.25) is 0 Å². The predicted octanol–water partition coefficient (Wildman–Crippen LogP) is 3.32. The zero-order valence-corrected chi connectivity index (χ0v) is 14.3. The molecular formula is C20H18N2O4. The maximum Gasteiger partial charge on any atom is 0.309 e. The summed E-state index contributed by atoms with van der Waals surface area (Å²) in [6, 6.07) is 11.5. The quantitative estimate of drug-likeness (QED) is 0.736. The minimum absolute atomic E-state index is 0.0572. The van der Waals surface area contributed by atoms with Gasteiger partial charge in [0.2, 0.25) is 0 Å². The Labute approximate surface area is 149 Å². The zero-order chi connectivity index (χ0) is 18.3. The van der Waals surface area contributed by atoms with Gasteiger partial charge >= 0.3 is 5.97 Å². The lowest BCUT2D eigenvalue weighted by Crippen LogP contribution is -2.25. The minimum Gasteiger partial charge on any atom is -0.481 e. The number of nitrogens with one attached hydrogen (secondary N) is 1. The molecule has 6 nitrogen and oxygen atoms in total. The Kier molecular flexibility index (Phi) is 3.95. The SMILES string of the molecule is Cc1ccc(C(=O)NC2CC2)cc1-c1ccc2c(CC(=O)O)noc2c1. The fourth-order valence-corrected chi connectivity index (χ4v) is 3.00. The molecule has 1 fully saturated rings. The molecule has 0 spiro atoms. The topological polar surface area (TPSA) is 92.4 Å². The van der Waals surface area contributed by atoms with Crippen molar-refractivity contribution in [2.45, 2.75) is 32.2 Å². The number of carbonyl (C=O) groups excluding carboxylic acids is 1. The molecule has 4 rings (SSSR count). The Bertz CT molecular complexity index is 1020. The monoisotopic (exact) mass is 350 g/mol. The van der Waals surface area contributed by atoms with Crippen molar-refractivity contribution < 1.29 is 19.2 Å². The molecule has 0 atom stereocenters. The highest BCUT2D eigenvalue weighted by molar-refractivity contribution is 5.96. The van der Waals surface area contributed by atoms with E-state index in [0.29, 0.717) is 28.3 Å². The van der Waals surface area contributed by atoms with Gasteiger partial charge in [-0.1, -0.05) is 17.3 Å². The molecule has 1 heterocycles. The molecule has 2 aromatic carbocycles. The van der Waals surface area contributed by atoms with E-state index in [0.717, 1.165) is 29.5 Å². The van der Waals surface area contributed by atoms with Crippen LogP contribution >= 0.6 is 0 Å². The van der Waals surface area contributed by atoms with Crippen LogP contribution in [0.15, 0.2) is 40.9 Å². The number of hydrogen-bond acceptors (Lipinski definition) is 4. The number of rotatable bonds is 5. The Morgan fingerprint density at radius 3 is 2.77 bits per heavy atom. The van der Waals surface area contributed by atoms with Crippen molar-refractivity contribution >= 4 is 22.8 Å². The van der Waals surface area contributed by atoms with Crippen LogP contribution in [0.25, 0.3) is 22.1 Å². The smallest absolute Gasteiger partial charge is 0.309 e. The average molecular weight is 350 g/mol. The molecule has 132 valence electrons. The summed E-state index contributed by atoms with van der Waals surface area (Å²) >= 11 is 0. The predicted molar refractivity (Wildman–Crippen MR) is 96.0 cm³/mol. The standard InChI is InChI=1S/C20H18N2O4/c1-11-2-3-13(20(25)21-14-5-6-14)8-16(11)12-4-7-15-17(10-19(23)24)22-26-18(15)9-12/h2-4,7-9,14H,5-6,10H2,1H3,(H,21,25)(H,23,24). The molecule has 0 bridgehead atoms. The van der Waals surface area contributed by atoms with Crippen molar-refractivity contribution in [3.8, 4) is 11.1 Å². The third-order valence-corrected chi connectivity index (χ3v) is 4.59. The molecule has 1 aromatic heterocycles. The maximum absolute atomic E-state index is 12.3. The van der Waals surface area contributed by atoms with E-state index in [4.69, 9.17) is 9.63 Å². The number of carboxylic acid groups (broad SMARTS) is 1. The second kappa shape index (κ2) is 6.29. The van der Waals surface area contributed by atoms with Gasteiger partial charge in [0, 0.05) is 17.0 Å². The molecule has 26 heavy (non-hydrogen) atoms. The van der Waals surface area contributed by atoms with E-state index in [1.54, 1.807) is 0 Å². The largest absolute Gasteiger partial charge is 0.481 e. The van der Waals surface area contributed by atoms with Gasteiger partial charge in [-0.25, -0.2) is 0 Å². The molecule has 0 radical (unpaired) electrons. The third-order valence-electron chi connectivity index (χ3n) is 4.59. The highest BCUT2D eigenvalue weighted by atomic mass is 16.5. The lowest BCUT2D eigenvalue weighted by atomic mass is 9.97. The highest BCUT2D eigenvalue weighted by Crippen LogP contribution is 2.30. The summed E-state index contributed by atoms with van der Waals surface area (Å²) in [4.78, 5) is 23.2. The van der Waals surface area contributed by atoms with E-state index in [1.807, 2.05) is 43.3 Å². The van der Waals surface area contributed by atoms with Crippen LogP contribution in [0, 0.1) is 6.92 Å². The molecule has 2 N–H and O–H groups in total. The van der Waals surface area contributed by atoms with Crippen molar-refractivity contribution in [2.75, 3.05) is 0 Å². The molecule has 1 aliphatic rings. The van der Waals surface area contributed by atoms with Gasteiger partial charge in [-0.2, -0.15) is 0 Å². The summed E-state index contributed by atoms with van der Waals surface area (Å²) in [5.74, 6) is -1.01. The maximum atomic E-state index is 12.3. The Balaban J connectivity index is 1.69. The number of carbonyl (C=O) groups is 2. The number of aromatic nitrogens is 1. The van der Waals surface area contributed by atoms with E-state index < -0.39 is 5.97 Å². The third kappa shape index (κ3) is 3.18. The summed E-state index contributed by atoms with van der Waals surface area (Å²) in [5.41, 5.74) is 4.44. The lowest BCUT2D eigenvalue weighted by Gasteiger charge is -2.10. The van der Waals surface area contributed by atoms with E-state index in [-0.39, 0.29) is 12.3 Å². The van der Waals surface area contributed by atoms with E-state index in [2.05, 4.69) is 10.5 Å². The number of amides is 1. The number of hydrogen-bond donors (Lipinski definition) is 2. The molecule has 0 aliphatic heterocycles. The Morgan fingerprint density at radius 2 is 2.04 bits per heavy atom. The van der Waals surface area contributed by atoms with Crippen molar-refractivity contribution in [2.24, 2.45) is 0 Å². The molecule has 1 aliphatic carbocycles. The van der Waals surface area contributed by atoms with Gasteiger partial charge in [0.15, 0.2) is 5.58 Å². The van der Waals surface area contributed by atoms with Crippen LogP contribution in [0.3, 0.4) is 0 Å².